The molecule has 0 fully saturated rings. The van der Waals surface area contributed by atoms with Gasteiger partial charge in [0.2, 0.25) is 0 Å². The van der Waals surface area contributed by atoms with E-state index in [0.717, 1.165) is 12.8 Å². The maximum absolute atomic E-state index is 5.61. The second kappa shape index (κ2) is 13.4. The van der Waals surface area contributed by atoms with Gasteiger partial charge in [-0.25, -0.2) is 0 Å². The van der Waals surface area contributed by atoms with Crippen LogP contribution in [-0.4, -0.2) is 5.66 Å². The second-order valence-corrected chi connectivity index (χ2v) is 5.17. The van der Waals surface area contributed by atoms with Crippen molar-refractivity contribution in [2.24, 2.45) is 11.5 Å². The molecule has 0 spiro atoms. The first kappa shape index (κ1) is 20.2. The summed E-state index contributed by atoms with van der Waals surface area (Å²) < 4.78 is 0. The van der Waals surface area contributed by atoms with Crippen LogP contribution in [0, 0.1) is 6.92 Å². The molecule has 0 saturated carbocycles. The van der Waals surface area contributed by atoms with Gasteiger partial charge in [-0.15, -0.1) is 0 Å². The molecular weight excluding hydrogens is 219 g/mol. The number of nitrogens with two attached hydrogens (primary N) is 2. The van der Waals surface area contributed by atoms with Gasteiger partial charge in [0.05, 0.1) is 0 Å². The molecule has 0 heterocycles. The van der Waals surface area contributed by atoms with E-state index in [1.807, 2.05) is 0 Å². The van der Waals surface area contributed by atoms with Crippen molar-refractivity contribution >= 4 is 0 Å². The number of unbranched alkanes of at least 4 members (excludes halogenated alkanes) is 9. The fourth-order valence-corrected chi connectivity index (χ4v) is 1.94. The molecule has 0 radical (unpaired) electrons. The number of hydrogen-bond acceptors (Lipinski definition) is 2. The Morgan fingerprint density at radius 2 is 1.12 bits per heavy atom. The standard InChI is InChI=1S/C14H31N2.Na/c1-3-4-5-6-7-8-9-10-11-12-13-14(2,15)16;/h2-13,15-16H2,1H3;/q-1;+1. The summed E-state index contributed by atoms with van der Waals surface area (Å²) in [5.41, 5.74) is 10.5. The van der Waals surface area contributed by atoms with Crippen molar-refractivity contribution in [3.05, 3.63) is 6.92 Å². The Kier molecular flexibility index (Phi) is 15.9. The predicted octanol–water partition coefficient (Wildman–Crippen LogP) is 0.749. The summed E-state index contributed by atoms with van der Waals surface area (Å²) in [4.78, 5) is 0. The van der Waals surface area contributed by atoms with Gasteiger partial charge < -0.3 is 18.4 Å². The van der Waals surface area contributed by atoms with E-state index in [9.17, 15) is 0 Å². The van der Waals surface area contributed by atoms with E-state index in [0.29, 0.717) is 0 Å². The van der Waals surface area contributed by atoms with E-state index in [4.69, 9.17) is 11.5 Å². The molecule has 0 aliphatic rings. The van der Waals surface area contributed by atoms with E-state index in [2.05, 4.69) is 13.8 Å². The average Bonchev–Trinajstić information content (AvgIpc) is 2.19. The normalized spacial score (nSPS) is 11.3. The molecule has 0 atom stereocenters. The number of rotatable bonds is 11. The maximum Gasteiger partial charge on any atom is 1.00 e. The third-order valence-electron chi connectivity index (χ3n) is 3.00. The minimum atomic E-state index is -0.708. The Morgan fingerprint density at radius 3 is 1.47 bits per heavy atom. The zero-order valence-corrected chi connectivity index (χ0v) is 14.1. The van der Waals surface area contributed by atoms with Crippen LogP contribution in [0.4, 0.5) is 0 Å². The minimum absolute atomic E-state index is 0. The van der Waals surface area contributed by atoms with E-state index in [-0.39, 0.29) is 29.6 Å². The summed E-state index contributed by atoms with van der Waals surface area (Å²) in [6.45, 7) is 5.96. The van der Waals surface area contributed by atoms with Crippen LogP contribution in [-0.2, 0) is 0 Å². The molecule has 98 valence electrons. The van der Waals surface area contributed by atoms with Crippen LogP contribution in [0.2, 0.25) is 0 Å². The Hall–Kier alpha value is 0.920. The topological polar surface area (TPSA) is 52.0 Å². The van der Waals surface area contributed by atoms with Crippen molar-refractivity contribution in [2.75, 3.05) is 0 Å². The largest absolute Gasteiger partial charge is 1.00 e. The van der Waals surface area contributed by atoms with Gasteiger partial charge in [0.15, 0.2) is 0 Å². The smallest absolute Gasteiger partial charge is 0.341 e. The molecule has 0 saturated heterocycles. The summed E-state index contributed by atoms with van der Waals surface area (Å²) in [6.07, 6.45) is 14.3. The van der Waals surface area contributed by atoms with Gasteiger partial charge in [0.25, 0.3) is 0 Å². The van der Waals surface area contributed by atoms with E-state index in [1.165, 1.54) is 57.8 Å². The van der Waals surface area contributed by atoms with Crippen LogP contribution in [0.3, 0.4) is 0 Å². The molecule has 0 bridgehead atoms. The van der Waals surface area contributed by atoms with Crippen LogP contribution >= 0.6 is 0 Å². The van der Waals surface area contributed by atoms with Crippen LogP contribution in [0.1, 0.15) is 77.6 Å². The SMILES string of the molecule is [CH2-]C(N)(N)CCCCCCCCCCCC.[Na+]. The average molecular weight is 250 g/mol. The monoisotopic (exact) mass is 250 g/mol. The first-order valence-electron chi connectivity index (χ1n) is 6.99. The molecular formula is C14H31N2Na. The summed E-state index contributed by atoms with van der Waals surface area (Å²) in [7, 11) is 0. The molecule has 2 nitrogen and oxygen atoms in total. The van der Waals surface area contributed by atoms with Gasteiger partial charge in [-0.05, 0) is 0 Å². The molecule has 0 aromatic rings. The number of hydrogen-bond donors (Lipinski definition) is 2. The molecule has 0 aromatic carbocycles. The fraction of sp³-hybridized carbons (Fsp3) is 0.929. The Balaban J connectivity index is 0. The summed E-state index contributed by atoms with van der Waals surface area (Å²) in [5.74, 6) is 0. The maximum atomic E-state index is 5.61. The van der Waals surface area contributed by atoms with Crippen molar-refractivity contribution in [2.45, 2.75) is 83.2 Å². The Morgan fingerprint density at radius 1 is 0.765 bits per heavy atom. The minimum Gasteiger partial charge on any atom is -0.341 e. The van der Waals surface area contributed by atoms with E-state index >= 15 is 0 Å². The second-order valence-electron chi connectivity index (χ2n) is 5.17. The van der Waals surface area contributed by atoms with Gasteiger partial charge in [-0.2, -0.15) is 0 Å². The van der Waals surface area contributed by atoms with Gasteiger partial charge in [0, 0.05) is 0 Å². The molecule has 4 N–H and O–H groups in total. The summed E-state index contributed by atoms with van der Waals surface area (Å²) in [5, 5.41) is 0. The Bertz CT molecular complexity index is 144. The van der Waals surface area contributed by atoms with Crippen LogP contribution in [0.25, 0.3) is 0 Å². The fourth-order valence-electron chi connectivity index (χ4n) is 1.94. The van der Waals surface area contributed by atoms with Crippen LogP contribution < -0.4 is 41.0 Å². The van der Waals surface area contributed by atoms with E-state index in [1.54, 1.807) is 0 Å². The van der Waals surface area contributed by atoms with Crippen molar-refractivity contribution in [1.82, 2.24) is 0 Å². The van der Waals surface area contributed by atoms with Crippen molar-refractivity contribution in [1.29, 1.82) is 0 Å². The molecule has 0 aromatic heterocycles. The quantitative estimate of drug-likeness (QED) is 0.246. The predicted molar refractivity (Wildman–Crippen MR) is 72.9 cm³/mol. The van der Waals surface area contributed by atoms with Crippen molar-refractivity contribution in [3.63, 3.8) is 0 Å². The first-order chi connectivity index (χ1) is 7.56. The van der Waals surface area contributed by atoms with Crippen molar-refractivity contribution < 1.29 is 29.6 Å². The van der Waals surface area contributed by atoms with E-state index < -0.39 is 5.66 Å². The Labute approximate surface area is 131 Å². The molecule has 17 heavy (non-hydrogen) atoms. The third-order valence-corrected chi connectivity index (χ3v) is 3.00. The molecule has 0 amide bonds. The molecule has 0 rings (SSSR count). The summed E-state index contributed by atoms with van der Waals surface area (Å²) >= 11 is 0. The third kappa shape index (κ3) is 19.4. The molecule has 0 unspecified atom stereocenters. The van der Waals surface area contributed by atoms with Gasteiger partial charge in [-0.3, -0.25) is 0 Å². The zero-order valence-electron chi connectivity index (χ0n) is 12.1. The molecule has 0 aliphatic heterocycles. The van der Waals surface area contributed by atoms with Crippen molar-refractivity contribution in [3.8, 4) is 0 Å². The van der Waals surface area contributed by atoms with Gasteiger partial charge >= 0.3 is 29.6 Å². The molecule has 0 aliphatic carbocycles. The van der Waals surface area contributed by atoms with Crippen LogP contribution in [0.5, 0.6) is 0 Å². The van der Waals surface area contributed by atoms with Gasteiger partial charge in [-0.1, -0.05) is 83.2 Å². The zero-order chi connectivity index (χ0) is 12.3. The van der Waals surface area contributed by atoms with Crippen LogP contribution in [0.15, 0.2) is 0 Å². The van der Waals surface area contributed by atoms with Gasteiger partial charge in [0.1, 0.15) is 0 Å². The first-order valence-corrected chi connectivity index (χ1v) is 6.99. The molecule has 3 heteroatoms. The summed E-state index contributed by atoms with van der Waals surface area (Å²) in [6, 6.07) is 0.